The second kappa shape index (κ2) is 7.55. The molecular weight excluding hydrogens is 387 g/mol. The quantitative estimate of drug-likeness (QED) is 0.439. The van der Waals surface area contributed by atoms with E-state index in [-0.39, 0.29) is 22.1 Å². The van der Waals surface area contributed by atoms with Crippen LogP contribution in [0.25, 0.3) is 22.1 Å². The molecule has 0 aliphatic rings. The smallest absolute Gasteiger partial charge is 0.463 e. The summed E-state index contributed by atoms with van der Waals surface area (Å²) in [6.07, 6.45) is 3.19. The van der Waals surface area contributed by atoms with E-state index in [1.54, 1.807) is 12.1 Å². The van der Waals surface area contributed by atoms with Crippen molar-refractivity contribution in [3.8, 4) is 16.9 Å². The van der Waals surface area contributed by atoms with Gasteiger partial charge in [0.15, 0.2) is 17.5 Å². The molecule has 26 heavy (non-hydrogen) atoms. The van der Waals surface area contributed by atoms with Gasteiger partial charge in [0.25, 0.3) is 0 Å². The van der Waals surface area contributed by atoms with Crippen LogP contribution in [0.3, 0.4) is 0 Å². The predicted octanol–water partition coefficient (Wildman–Crippen LogP) is 5.70. The van der Waals surface area contributed by atoms with Crippen LogP contribution >= 0.6 is 24.0 Å². The molecule has 4 nitrogen and oxygen atoms in total. The average Bonchev–Trinajstić information content (AvgIpc) is 2.61. The first-order valence-electron chi connectivity index (χ1n) is 7.25. The molecule has 0 aliphatic carbocycles. The molecule has 1 aromatic heterocycles. The summed E-state index contributed by atoms with van der Waals surface area (Å²) in [6, 6.07) is 11.2. The van der Waals surface area contributed by atoms with Crippen LogP contribution in [0.5, 0.6) is 5.75 Å². The fourth-order valence-electron chi connectivity index (χ4n) is 2.29. The van der Waals surface area contributed by atoms with E-state index in [2.05, 4.69) is 8.91 Å². The number of hydrogen-bond donors (Lipinski definition) is 1. The van der Waals surface area contributed by atoms with Crippen LogP contribution < -0.4 is 14.3 Å². The molecule has 0 unspecified atom stereocenters. The highest BCUT2D eigenvalue weighted by Crippen LogP contribution is 2.33. The van der Waals surface area contributed by atoms with Crippen molar-refractivity contribution in [3.05, 3.63) is 59.0 Å². The lowest BCUT2D eigenvalue weighted by Crippen LogP contribution is -2.05. The molecule has 136 valence electrons. The van der Waals surface area contributed by atoms with E-state index < -0.39 is 17.6 Å². The van der Waals surface area contributed by atoms with Crippen LogP contribution in [0, 0.1) is 0 Å². The Morgan fingerprint density at radius 3 is 2.50 bits per heavy atom. The minimum absolute atomic E-state index is 0.0526. The Kier molecular flexibility index (Phi) is 5.38. The number of fused-ring (bicyclic) bond motifs is 1. The van der Waals surface area contributed by atoms with Crippen LogP contribution in [-0.4, -0.2) is 11.8 Å². The van der Waals surface area contributed by atoms with Crippen molar-refractivity contribution in [2.24, 2.45) is 0 Å². The normalized spacial score (nSPS) is 11.5. The van der Waals surface area contributed by atoms with E-state index in [0.717, 1.165) is 5.69 Å². The second-order valence-electron chi connectivity index (χ2n) is 5.13. The maximum absolute atomic E-state index is 12.7. The predicted molar refractivity (Wildman–Crippen MR) is 99.3 cm³/mol. The standard InChI is InChI=1S/C17H12F3NO3S2/c1-25-21-11-4-2-10(3-5-11)14-9-23-15-8-12(24-26-17(18,19)20)6-7-13(15)16(14)22/h2-9,21H,1H3. The molecule has 0 amide bonds. The maximum atomic E-state index is 12.7. The van der Waals surface area contributed by atoms with Crippen LogP contribution in [0.2, 0.25) is 0 Å². The van der Waals surface area contributed by atoms with Crippen molar-refractivity contribution in [1.82, 2.24) is 0 Å². The van der Waals surface area contributed by atoms with Gasteiger partial charge in [0.05, 0.1) is 10.9 Å². The number of benzene rings is 2. The van der Waals surface area contributed by atoms with Gasteiger partial charge in [0.2, 0.25) is 0 Å². The van der Waals surface area contributed by atoms with E-state index in [4.69, 9.17) is 4.42 Å². The third kappa shape index (κ3) is 4.28. The molecular formula is C17H12F3NO3S2. The largest absolute Gasteiger partial charge is 0.479 e. The van der Waals surface area contributed by atoms with E-state index in [1.165, 1.54) is 36.4 Å². The van der Waals surface area contributed by atoms with Crippen LogP contribution in [0.1, 0.15) is 0 Å². The first kappa shape index (κ1) is 18.5. The van der Waals surface area contributed by atoms with Crippen LogP contribution in [0.15, 0.2) is 57.9 Å². The third-order valence-corrected chi connectivity index (χ3v) is 4.30. The Balaban J connectivity index is 1.92. The van der Waals surface area contributed by atoms with Gasteiger partial charge in [-0.3, -0.25) is 4.79 Å². The molecule has 0 aliphatic heterocycles. The average molecular weight is 399 g/mol. The van der Waals surface area contributed by atoms with Crippen molar-refractivity contribution in [3.63, 3.8) is 0 Å². The van der Waals surface area contributed by atoms with Crippen molar-refractivity contribution in [2.75, 3.05) is 11.0 Å². The lowest BCUT2D eigenvalue weighted by atomic mass is 10.1. The molecule has 3 aromatic rings. The van der Waals surface area contributed by atoms with Crippen molar-refractivity contribution in [2.45, 2.75) is 5.51 Å². The third-order valence-electron chi connectivity index (χ3n) is 3.39. The Labute approximate surface area is 155 Å². The zero-order valence-electron chi connectivity index (χ0n) is 13.3. The molecule has 1 N–H and O–H groups in total. The molecule has 9 heteroatoms. The van der Waals surface area contributed by atoms with Crippen LogP contribution in [0.4, 0.5) is 18.9 Å². The minimum atomic E-state index is -4.52. The topological polar surface area (TPSA) is 51.5 Å². The van der Waals surface area contributed by atoms with Crippen molar-refractivity contribution >= 4 is 40.6 Å². The van der Waals surface area contributed by atoms with Gasteiger partial charge in [-0.15, -0.1) is 0 Å². The highest BCUT2D eigenvalue weighted by molar-refractivity contribution is 7.99. The first-order chi connectivity index (χ1) is 12.4. The Hall–Kier alpha value is -2.26. The molecule has 1 heterocycles. The monoisotopic (exact) mass is 399 g/mol. The van der Waals surface area contributed by atoms with Gasteiger partial charge in [-0.05, 0) is 29.8 Å². The fourth-order valence-corrected chi connectivity index (χ4v) is 2.96. The minimum Gasteiger partial charge on any atom is -0.463 e. The molecule has 0 spiro atoms. The Morgan fingerprint density at radius 2 is 1.85 bits per heavy atom. The summed E-state index contributed by atoms with van der Waals surface area (Å²) in [4.78, 5) is 12.7. The Morgan fingerprint density at radius 1 is 1.12 bits per heavy atom. The van der Waals surface area contributed by atoms with Crippen molar-refractivity contribution < 1.29 is 21.8 Å². The first-order valence-corrected chi connectivity index (χ1v) is 9.21. The highest BCUT2D eigenvalue weighted by Gasteiger charge is 2.31. The van der Waals surface area contributed by atoms with E-state index in [0.29, 0.717) is 11.1 Å². The second-order valence-corrected chi connectivity index (χ2v) is 6.54. The molecule has 0 bridgehead atoms. The number of nitrogens with one attached hydrogen (secondary N) is 1. The van der Waals surface area contributed by atoms with Gasteiger partial charge >= 0.3 is 5.51 Å². The van der Waals surface area contributed by atoms with Gasteiger partial charge in [0.1, 0.15) is 17.6 Å². The van der Waals surface area contributed by atoms with E-state index in [1.807, 2.05) is 18.4 Å². The molecule has 0 radical (unpaired) electrons. The molecule has 0 saturated heterocycles. The molecule has 0 saturated carbocycles. The number of alkyl halides is 3. The van der Waals surface area contributed by atoms with Gasteiger partial charge in [-0.1, -0.05) is 24.1 Å². The molecule has 2 aromatic carbocycles. The zero-order chi connectivity index (χ0) is 18.7. The van der Waals surface area contributed by atoms with Gasteiger partial charge in [0, 0.05) is 18.0 Å². The summed E-state index contributed by atoms with van der Waals surface area (Å²) in [5, 5.41) is 0.262. The summed E-state index contributed by atoms with van der Waals surface area (Å²) >= 11 is 0.831. The lowest BCUT2D eigenvalue weighted by molar-refractivity contribution is -0.0369. The summed E-state index contributed by atoms with van der Waals surface area (Å²) in [5.41, 5.74) is -2.69. The lowest BCUT2D eigenvalue weighted by Gasteiger charge is -2.08. The summed E-state index contributed by atoms with van der Waals surface area (Å²) in [7, 11) is 0. The summed E-state index contributed by atoms with van der Waals surface area (Å²) < 4.78 is 49.7. The Bertz CT molecular complexity index is 972. The molecule has 0 atom stereocenters. The number of rotatable bonds is 5. The van der Waals surface area contributed by atoms with E-state index >= 15 is 0 Å². The molecule has 3 rings (SSSR count). The summed E-state index contributed by atoms with van der Waals surface area (Å²) in [5.74, 6) is -0.0526. The number of halogens is 3. The zero-order valence-corrected chi connectivity index (χ0v) is 14.9. The maximum Gasteiger partial charge on any atom is 0.479 e. The fraction of sp³-hybridized carbons (Fsp3) is 0.118. The van der Waals surface area contributed by atoms with Gasteiger partial charge < -0.3 is 13.3 Å². The molecule has 0 fully saturated rings. The number of anilines is 1. The van der Waals surface area contributed by atoms with Crippen LogP contribution in [-0.2, 0) is 0 Å². The highest BCUT2D eigenvalue weighted by atomic mass is 32.2. The van der Waals surface area contributed by atoms with Crippen molar-refractivity contribution in [1.29, 1.82) is 0 Å². The van der Waals surface area contributed by atoms with Gasteiger partial charge in [-0.25, -0.2) is 0 Å². The van der Waals surface area contributed by atoms with E-state index in [9.17, 15) is 18.0 Å². The number of hydrogen-bond acceptors (Lipinski definition) is 6. The van der Waals surface area contributed by atoms with Gasteiger partial charge in [-0.2, -0.15) is 13.2 Å². The SMILES string of the molecule is CSNc1ccc(-c2coc3cc(OSC(F)(F)F)ccc3c2=O)cc1. The summed E-state index contributed by atoms with van der Waals surface area (Å²) in [6.45, 7) is 0.